The predicted octanol–water partition coefficient (Wildman–Crippen LogP) is 3.40. The van der Waals surface area contributed by atoms with E-state index in [4.69, 9.17) is 8.94 Å². The first-order valence-corrected chi connectivity index (χ1v) is 8.10. The van der Waals surface area contributed by atoms with Crippen LogP contribution in [0.5, 0.6) is 0 Å². The van der Waals surface area contributed by atoms with Crippen LogP contribution >= 0.6 is 0 Å². The van der Waals surface area contributed by atoms with Crippen LogP contribution in [0, 0.1) is 13.8 Å². The first kappa shape index (κ1) is 17.0. The van der Waals surface area contributed by atoms with Gasteiger partial charge in [-0.05, 0) is 26.3 Å². The van der Waals surface area contributed by atoms with Crippen molar-refractivity contribution in [1.82, 2.24) is 10.5 Å². The van der Waals surface area contributed by atoms with Crippen LogP contribution in [0.15, 0.2) is 51.4 Å². The van der Waals surface area contributed by atoms with Crippen molar-refractivity contribution in [1.29, 1.82) is 0 Å². The van der Waals surface area contributed by atoms with E-state index in [1.54, 1.807) is 6.07 Å². The summed E-state index contributed by atoms with van der Waals surface area (Å²) >= 11 is 0. The van der Waals surface area contributed by atoms with Crippen LogP contribution in [0.3, 0.4) is 0 Å². The zero-order valence-electron chi connectivity index (χ0n) is 14.2. The molecule has 1 amide bonds. The fourth-order valence-electron chi connectivity index (χ4n) is 2.67. The zero-order valence-corrected chi connectivity index (χ0v) is 14.2. The van der Waals surface area contributed by atoms with Gasteiger partial charge < -0.3 is 19.4 Å². The topological polar surface area (TPSA) is 88.5 Å². The van der Waals surface area contributed by atoms with Gasteiger partial charge >= 0.3 is 0 Å². The van der Waals surface area contributed by atoms with E-state index in [1.165, 1.54) is 0 Å². The first-order valence-electron chi connectivity index (χ1n) is 8.10. The van der Waals surface area contributed by atoms with E-state index in [9.17, 15) is 9.90 Å². The maximum absolute atomic E-state index is 12.1. The Kier molecular flexibility index (Phi) is 5.00. The number of aromatic nitrogens is 1. The third-order valence-electron chi connectivity index (χ3n) is 3.94. The normalized spacial score (nSPS) is 12.1. The molecule has 0 saturated carbocycles. The van der Waals surface area contributed by atoms with Crippen LogP contribution in [0.25, 0.3) is 11.3 Å². The van der Waals surface area contributed by atoms with Crippen LogP contribution in [0.4, 0.5) is 0 Å². The second kappa shape index (κ2) is 7.36. The highest BCUT2D eigenvalue weighted by Gasteiger charge is 2.16. The maximum atomic E-state index is 12.1. The number of nitrogens with zero attached hydrogens (tertiary/aromatic N) is 1. The summed E-state index contributed by atoms with van der Waals surface area (Å²) in [5.41, 5.74) is 1.82. The molecule has 0 unspecified atom stereocenters. The minimum absolute atomic E-state index is 0.212. The van der Waals surface area contributed by atoms with Gasteiger partial charge in [0.2, 0.25) is 0 Å². The summed E-state index contributed by atoms with van der Waals surface area (Å²) in [5.74, 6) is 1.65. The molecule has 0 aliphatic heterocycles. The Morgan fingerprint density at radius 1 is 1.24 bits per heavy atom. The molecule has 2 heterocycles. The molecule has 0 aliphatic rings. The van der Waals surface area contributed by atoms with Gasteiger partial charge in [0.1, 0.15) is 11.5 Å². The molecule has 25 heavy (non-hydrogen) atoms. The molecule has 3 rings (SSSR count). The second-order valence-electron chi connectivity index (χ2n) is 5.87. The first-order chi connectivity index (χ1) is 12.0. The van der Waals surface area contributed by atoms with Gasteiger partial charge in [0.25, 0.3) is 5.91 Å². The standard InChI is InChI=1S/C19H20N2O4/c1-12-10-15(13(2)24-12)17(22)8-9-20-19(23)16-11-18(25-21-16)14-6-4-3-5-7-14/h3-7,10-11,17,22H,8-9H2,1-2H3,(H,20,23)/t17-/m0/s1. The molecule has 1 atom stereocenters. The van der Waals surface area contributed by atoms with Crippen LogP contribution in [0.2, 0.25) is 0 Å². The number of carbonyl (C=O) groups is 1. The number of rotatable bonds is 6. The third kappa shape index (κ3) is 3.97. The van der Waals surface area contributed by atoms with Crippen molar-refractivity contribution < 1.29 is 18.8 Å². The number of nitrogens with one attached hydrogen (secondary N) is 1. The quantitative estimate of drug-likeness (QED) is 0.718. The van der Waals surface area contributed by atoms with Crippen molar-refractivity contribution in [2.45, 2.75) is 26.4 Å². The average molecular weight is 340 g/mol. The molecule has 1 aromatic carbocycles. The lowest BCUT2D eigenvalue weighted by atomic mass is 10.1. The Morgan fingerprint density at radius 2 is 2.00 bits per heavy atom. The number of benzene rings is 1. The smallest absolute Gasteiger partial charge is 0.273 e. The molecule has 0 radical (unpaired) electrons. The van der Waals surface area contributed by atoms with E-state index in [2.05, 4.69) is 10.5 Å². The Morgan fingerprint density at radius 3 is 2.68 bits per heavy atom. The zero-order chi connectivity index (χ0) is 17.8. The Bertz CT molecular complexity index is 851. The molecule has 130 valence electrons. The summed E-state index contributed by atoms with van der Waals surface area (Å²) in [5, 5.41) is 16.7. The molecule has 3 aromatic rings. The van der Waals surface area contributed by atoms with Gasteiger partial charge in [0.15, 0.2) is 11.5 Å². The van der Waals surface area contributed by atoms with Gasteiger partial charge in [0, 0.05) is 23.7 Å². The van der Waals surface area contributed by atoms with Crippen LogP contribution in [-0.2, 0) is 0 Å². The summed E-state index contributed by atoms with van der Waals surface area (Å²) in [7, 11) is 0. The molecule has 2 aromatic heterocycles. The number of furan rings is 1. The van der Waals surface area contributed by atoms with Crippen LogP contribution in [0.1, 0.15) is 40.1 Å². The minimum Gasteiger partial charge on any atom is -0.466 e. The van der Waals surface area contributed by atoms with Gasteiger partial charge in [-0.1, -0.05) is 35.5 Å². The number of hydrogen-bond donors (Lipinski definition) is 2. The van der Waals surface area contributed by atoms with Crippen molar-refractivity contribution in [3.63, 3.8) is 0 Å². The molecule has 6 nitrogen and oxygen atoms in total. The molecular weight excluding hydrogens is 320 g/mol. The van der Waals surface area contributed by atoms with Crippen LogP contribution in [-0.4, -0.2) is 22.7 Å². The molecular formula is C19H20N2O4. The lowest BCUT2D eigenvalue weighted by molar-refractivity contribution is 0.0933. The van der Waals surface area contributed by atoms with Gasteiger partial charge in [-0.15, -0.1) is 0 Å². The number of hydrogen-bond acceptors (Lipinski definition) is 5. The Hall–Kier alpha value is -2.86. The number of carbonyl (C=O) groups excluding carboxylic acids is 1. The highest BCUT2D eigenvalue weighted by Crippen LogP contribution is 2.23. The van der Waals surface area contributed by atoms with E-state index < -0.39 is 6.10 Å². The molecule has 2 N–H and O–H groups in total. The van der Waals surface area contributed by atoms with Crippen molar-refractivity contribution in [2.24, 2.45) is 0 Å². The highest BCUT2D eigenvalue weighted by molar-refractivity contribution is 5.93. The van der Waals surface area contributed by atoms with E-state index in [-0.39, 0.29) is 11.6 Å². The summed E-state index contributed by atoms with van der Waals surface area (Å²) < 4.78 is 10.6. The van der Waals surface area contributed by atoms with Crippen molar-refractivity contribution in [3.05, 3.63) is 65.2 Å². The monoisotopic (exact) mass is 340 g/mol. The van der Waals surface area contributed by atoms with Crippen LogP contribution < -0.4 is 5.32 Å². The third-order valence-corrected chi connectivity index (χ3v) is 3.94. The van der Waals surface area contributed by atoms with Crippen molar-refractivity contribution >= 4 is 5.91 Å². The van der Waals surface area contributed by atoms with E-state index >= 15 is 0 Å². The molecule has 6 heteroatoms. The number of amides is 1. The van der Waals surface area contributed by atoms with E-state index in [0.717, 1.165) is 16.9 Å². The lowest BCUT2D eigenvalue weighted by Gasteiger charge is -2.09. The Balaban J connectivity index is 1.55. The summed E-state index contributed by atoms with van der Waals surface area (Å²) in [6.07, 6.45) is -0.301. The SMILES string of the molecule is Cc1cc([C@@H](O)CCNC(=O)c2cc(-c3ccccc3)on2)c(C)o1. The average Bonchev–Trinajstić information content (AvgIpc) is 3.22. The minimum atomic E-state index is -0.685. The van der Waals surface area contributed by atoms with Gasteiger partial charge in [-0.3, -0.25) is 4.79 Å². The molecule has 0 fully saturated rings. The van der Waals surface area contributed by atoms with Gasteiger partial charge in [-0.25, -0.2) is 0 Å². The summed E-state index contributed by atoms with van der Waals surface area (Å²) in [4.78, 5) is 12.1. The largest absolute Gasteiger partial charge is 0.466 e. The number of aliphatic hydroxyl groups is 1. The number of aryl methyl sites for hydroxylation is 2. The molecule has 0 bridgehead atoms. The maximum Gasteiger partial charge on any atom is 0.273 e. The molecule has 0 aliphatic carbocycles. The second-order valence-corrected chi connectivity index (χ2v) is 5.87. The lowest BCUT2D eigenvalue weighted by Crippen LogP contribution is -2.25. The predicted molar refractivity (Wildman–Crippen MR) is 92.0 cm³/mol. The van der Waals surface area contributed by atoms with E-state index in [1.807, 2.05) is 50.2 Å². The van der Waals surface area contributed by atoms with Gasteiger partial charge in [0.05, 0.1) is 6.10 Å². The number of aliphatic hydroxyl groups excluding tert-OH is 1. The molecule has 0 spiro atoms. The van der Waals surface area contributed by atoms with Crippen molar-refractivity contribution in [2.75, 3.05) is 6.54 Å². The van der Waals surface area contributed by atoms with Gasteiger partial charge in [-0.2, -0.15) is 0 Å². The Labute approximate surface area is 145 Å². The fourth-order valence-corrected chi connectivity index (χ4v) is 2.67. The van der Waals surface area contributed by atoms with Crippen molar-refractivity contribution in [3.8, 4) is 11.3 Å². The molecule has 0 saturated heterocycles. The summed E-state index contributed by atoms with van der Waals surface area (Å²) in [6.45, 7) is 3.96. The highest BCUT2D eigenvalue weighted by atomic mass is 16.5. The fraction of sp³-hybridized carbons (Fsp3) is 0.263. The van der Waals surface area contributed by atoms with E-state index in [0.29, 0.717) is 24.5 Å². The summed E-state index contributed by atoms with van der Waals surface area (Å²) in [6, 6.07) is 12.9.